The molecular formula is C14H17ClO3. The zero-order valence-electron chi connectivity index (χ0n) is 10.6. The molecule has 18 heavy (non-hydrogen) atoms. The quantitative estimate of drug-likeness (QED) is 0.914. The number of benzene rings is 1. The summed E-state index contributed by atoms with van der Waals surface area (Å²) in [7, 11) is 1.54. The van der Waals surface area contributed by atoms with Gasteiger partial charge in [-0.25, -0.2) is 0 Å². The third-order valence-electron chi connectivity index (χ3n) is 3.61. The van der Waals surface area contributed by atoms with E-state index in [4.69, 9.17) is 16.3 Å². The van der Waals surface area contributed by atoms with Gasteiger partial charge in [0.2, 0.25) is 0 Å². The number of hydrogen-bond acceptors (Lipinski definition) is 2. The minimum absolute atomic E-state index is 0.515. The number of ether oxygens (including phenoxy) is 1. The average Bonchev–Trinajstić information content (AvgIpc) is 2.36. The fourth-order valence-corrected chi connectivity index (χ4v) is 2.98. The predicted octanol–water partition coefficient (Wildman–Crippen LogP) is 3.42. The van der Waals surface area contributed by atoms with Crippen LogP contribution in [0.25, 0.3) is 0 Å². The molecule has 0 saturated carbocycles. The lowest BCUT2D eigenvalue weighted by atomic mass is 9.83. The van der Waals surface area contributed by atoms with Gasteiger partial charge in [-0.05, 0) is 49.8 Å². The van der Waals surface area contributed by atoms with Crippen LogP contribution in [0.5, 0.6) is 5.75 Å². The number of carbonyl (C=O) groups is 1. The second-order valence-electron chi connectivity index (χ2n) is 4.71. The monoisotopic (exact) mass is 268 g/mol. The molecule has 0 bridgehead atoms. The van der Waals surface area contributed by atoms with E-state index in [0.717, 1.165) is 36.8 Å². The van der Waals surface area contributed by atoms with Crippen molar-refractivity contribution in [3.63, 3.8) is 0 Å². The highest BCUT2D eigenvalue weighted by atomic mass is 35.5. The summed E-state index contributed by atoms with van der Waals surface area (Å²) in [5.74, 6) is -0.916. The molecule has 1 aromatic rings. The van der Waals surface area contributed by atoms with Crippen molar-refractivity contribution in [3.8, 4) is 5.75 Å². The van der Waals surface area contributed by atoms with Gasteiger partial charge < -0.3 is 9.84 Å². The van der Waals surface area contributed by atoms with Crippen molar-refractivity contribution in [2.75, 3.05) is 7.11 Å². The molecule has 98 valence electrons. The van der Waals surface area contributed by atoms with Gasteiger partial charge in [0.25, 0.3) is 0 Å². The number of aryl methyl sites for hydroxylation is 1. The predicted molar refractivity (Wildman–Crippen MR) is 70.7 cm³/mol. The number of carboxylic acid groups (broad SMARTS) is 1. The van der Waals surface area contributed by atoms with Crippen molar-refractivity contribution in [2.45, 2.75) is 38.5 Å². The maximum Gasteiger partial charge on any atom is 0.310 e. The van der Waals surface area contributed by atoms with Crippen molar-refractivity contribution in [1.82, 2.24) is 0 Å². The van der Waals surface area contributed by atoms with Crippen molar-refractivity contribution in [2.24, 2.45) is 0 Å². The van der Waals surface area contributed by atoms with E-state index in [-0.39, 0.29) is 0 Å². The van der Waals surface area contributed by atoms with E-state index < -0.39 is 11.9 Å². The average molecular weight is 269 g/mol. The summed E-state index contributed by atoms with van der Waals surface area (Å²) in [4.78, 5) is 11.3. The summed E-state index contributed by atoms with van der Waals surface area (Å²) >= 11 is 6.20. The summed E-state index contributed by atoms with van der Waals surface area (Å²) < 4.78 is 5.32. The van der Waals surface area contributed by atoms with Gasteiger partial charge in [-0.1, -0.05) is 11.6 Å². The maximum absolute atomic E-state index is 11.3. The summed E-state index contributed by atoms with van der Waals surface area (Å²) in [5, 5.41) is 9.76. The van der Waals surface area contributed by atoms with Crippen LogP contribution >= 0.6 is 11.6 Å². The molecule has 0 fully saturated rings. The van der Waals surface area contributed by atoms with Gasteiger partial charge in [0.1, 0.15) is 5.75 Å². The highest BCUT2D eigenvalue weighted by Crippen LogP contribution is 2.41. The molecule has 1 unspecified atom stereocenters. The Balaban J connectivity index is 2.65. The van der Waals surface area contributed by atoms with Gasteiger partial charge in [0.05, 0.1) is 18.1 Å². The van der Waals surface area contributed by atoms with E-state index in [1.165, 1.54) is 12.7 Å². The summed E-state index contributed by atoms with van der Waals surface area (Å²) in [6.45, 7) is 1.69. The SMILES string of the molecule is COc1c(Cl)cc2c(c1C(C)C(=O)O)CCCC2. The lowest BCUT2D eigenvalue weighted by Gasteiger charge is -2.24. The number of rotatable bonds is 3. The number of aliphatic carboxylic acids is 1. The standard InChI is InChI=1S/C14H17ClO3/c1-8(14(16)17)12-10-6-4-3-5-9(10)7-11(15)13(12)18-2/h7-8H,3-6H2,1-2H3,(H,16,17). The molecule has 0 amide bonds. The Labute approximate surface area is 112 Å². The molecule has 1 aliphatic rings. The molecule has 0 saturated heterocycles. The van der Waals surface area contributed by atoms with Crippen LogP contribution in [0.4, 0.5) is 0 Å². The van der Waals surface area contributed by atoms with E-state index in [0.29, 0.717) is 10.8 Å². The number of fused-ring (bicyclic) bond motifs is 1. The zero-order valence-corrected chi connectivity index (χ0v) is 11.4. The van der Waals surface area contributed by atoms with E-state index in [1.807, 2.05) is 6.07 Å². The van der Waals surface area contributed by atoms with Crippen molar-refractivity contribution < 1.29 is 14.6 Å². The van der Waals surface area contributed by atoms with Crippen molar-refractivity contribution in [1.29, 1.82) is 0 Å². The molecule has 1 N–H and O–H groups in total. The first-order valence-corrected chi connectivity index (χ1v) is 6.55. The van der Waals surface area contributed by atoms with Gasteiger partial charge in [-0.15, -0.1) is 0 Å². The van der Waals surface area contributed by atoms with Crippen LogP contribution in [-0.2, 0) is 17.6 Å². The summed E-state index contributed by atoms with van der Waals surface area (Å²) in [6, 6.07) is 1.92. The van der Waals surface area contributed by atoms with Gasteiger partial charge in [0, 0.05) is 5.56 Å². The molecule has 0 aliphatic heterocycles. The van der Waals surface area contributed by atoms with E-state index in [1.54, 1.807) is 6.92 Å². The van der Waals surface area contributed by atoms with E-state index in [2.05, 4.69) is 0 Å². The van der Waals surface area contributed by atoms with Gasteiger partial charge in [-0.3, -0.25) is 4.79 Å². The van der Waals surface area contributed by atoms with E-state index in [9.17, 15) is 9.90 Å². The van der Waals surface area contributed by atoms with Crippen LogP contribution < -0.4 is 4.74 Å². The second kappa shape index (κ2) is 5.19. The molecule has 0 aromatic heterocycles. The zero-order chi connectivity index (χ0) is 13.3. The highest BCUT2D eigenvalue weighted by Gasteiger charge is 2.27. The minimum Gasteiger partial charge on any atom is -0.495 e. The van der Waals surface area contributed by atoms with Crippen LogP contribution in [0.15, 0.2) is 6.07 Å². The number of methoxy groups -OCH3 is 1. The fraction of sp³-hybridized carbons (Fsp3) is 0.500. The van der Waals surface area contributed by atoms with Crippen LogP contribution in [0.2, 0.25) is 5.02 Å². The summed E-state index contributed by atoms with van der Waals surface area (Å²) in [5.41, 5.74) is 3.06. The number of hydrogen-bond donors (Lipinski definition) is 1. The number of carboxylic acids is 1. The lowest BCUT2D eigenvalue weighted by Crippen LogP contribution is -2.15. The topological polar surface area (TPSA) is 46.5 Å². The highest BCUT2D eigenvalue weighted by molar-refractivity contribution is 6.32. The first kappa shape index (κ1) is 13.2. The Morgan fingerprint density at radius 1 is 1.44 bits per heavy atom. The molecule has 3 nitrogen and oxygen atoms in total. The first-order chi connectivity index (χ1) is 8.56. The Bertz CT molecular complexity index is 482. The van der Waals surface area contributed by atoms with Crippen LogP contribution in [0, 0.1) is 0 Å². The molecule has 1 aromatic carbocycles. The Kier molecular flexibility index (Phi) is 3.81. The Hall–Kier alpha value is -1.22. The molecule has 0 heterocycles. The largest absolute Gasteiger partial charge is 0.495 e. The molecule has 0 radical (unpaired) electrons. The van der Waals surface area contributed by atoms with E-state index >= 15 is 0 Å². The van der Waals surface area contributed by atoms with Gasteiger partial charge >= 0.3 is 5.97 Å². The fourth-order valence-electron chi connectivity index (χ4n) is 2.67. The molecule has 4 heteroatoms. The molecule has 0 spiro atoms. The second-order valence-corrected chi connectivity index (χ2v) is 5.12. The smallest absolute Gasteiger partial charge is 0.310 e. The molecule has 1 atom stereocenters. The van der Waals surface area contributed by atoms with Crippen LogP contribution in [0.1, 0.15) is 42.4 Å². The summed E-state index contributed by atoms with van der Waals surface area (Å²) in [6.07, 6.45) is 4.11. The molecule has 1 aliphatic carbocycles. The normalized spacial score (nSPS) is 15.9. The minimum atomic E-state index is -0.844. The van der Waals surface area contributed by atoms with Crippen molar-refractivity contribution in [3.05, 3.63) is 27.8 Å². The van der Waals surface area contributed by atoms with Gasteiger partial charge in [0.15, 0.2) is 0 Å². The van der Waals surface area contributed by atoms with Crippen LogP contribution in [0.3, 0.4) is 0 Å². The maximum atomic E-state index is 11.3. The van der Waals surface area contributed by atoms with Crippen molar-refractivity contribution >= 4 is 17.6 Å². The molecular weight excluding hydrogens is 252 g/mol. The Morgan fingerprint density at radius 2 is 2.11 bits per heavy atom. The van der Waals surface area contributed by atoms with Crippen LogP contribution in [-0.4, -0.2) is 18.2 Å². The first-order valence-electron chi connectivity index (χ1n) is 6.17. The molecule has 2 rings (SSSR count). The Morgan fingerprint density at radius 3 is 2.72 bits per heavy atom. The third-order valence-corrected chi connectivity index (χ3v) is 3.89. The number of halogens is 1. The lowest BCUT2D eigenvalue weighted by molar-refractivity contribution is -0.138. The third kappa shape index (κ3) is 2.19. The van der Waals surface area contributed by atoms with Gasteiger partial charge in [-0.2, -0.15) is 0 Å².